The van der Waals surface area contributed by atoms with Crippen LogP contribution in [0.1, 0.15) is 37.6 Å². The van der Waals surface area contributed by atoms with Gasteiger partial charge in [-0.2, -0.15) is 0 Å². The number of nitrogens with one attached hydrogen (secondary N) is 1. The Hall–Kier alpha value is -0.870. The molecular weight excluding hydrogens is 204 g/mol. The van der Waals surface area contributed by atoms with E-state index in [1.54, 1.807) is 6.39 Å². The van der Waals surface area contributed by atoms with Gasteiger partial charge in [0.05, 0.1) is 12.3 Å². The smallest absolute Gasteiger partial charge is 0.181 e. The number of nitrogens with zero attached hydrogens (tertiary/aromatic N) is 1. The van der Waals surface area contributed by atoms with Crippen LogP contribution in [0.15, 0.2) is 10.8 Å². The van der Waals surface area contributed by atoms with Gasteiger partial charge in [0.1, 0.15) is 5.76 Å². The quantitative estimate of drug-likeness (QED) is 0.830. The fourth-order valence-electron chi connectivity index (χ4n) is 1.96. The van der Waals surface area contributed by atoms with Crippen LogP contribution in [0.2, 0.25) is 0 Å². The Morgan fingerprint density at radius 2 is 2.44 bits per heavy atom. The SMILES string of the molecule is CC(C)CNCc1ncoc1C1CCOC1. The van der Waals surface area contributed by atoms with Crippen LogP contribution in [0.25, 0.3) is 0 Å². The topological polar surface area (TPSA) is 47.3 Å². The first-order valence-corrected chi connectivity index (χ1v) is 5.98. The molecule has 2 rings (SSSR count). The molecule has 2 heterocycles. The summed E-state index contributed by atoms with van der Waals surface area (Å²) in [6.45, 7) is 7.80. The molecule has 0 radical (unpaired) electrons. The van der Waals surface area contributed by atoms with Gasteiger partial charge in [0.2, 0.25) is 0 Å². The van der Waals surface area contributed by atoms with Crippen molar-refractivity contribution < 1.29 is 9.15 Å². The average Bonchev–Trinajstić information content (AvgIpc) is 2.84. The highest BCUT2D eigenvalue weighted by Gasteiger charge is 2.24. The predicted molar refractivity (Wildman–Crippen MR) is 61.2 cm³/mol. The fourth-order valence-corrected chi connectivity index (χ4v) is 1.96. The number of rotatable bonds is 5. The molecular formula is C12H20N2O2. The average molecular weight is 224 g/mol. The minimum absolute atomic E-state index is 0.401. The molecule has 1 aromatic rings. The summed E-state index contributed by atoms with van der Waals surface area (Å²) in [5, 5.41) is 3.39. The van der Waals surface area contributed by atoms with Crippen LogP contribution in [0.3, 0.4) is 0 Å². The van der Waals surface area contributed by atoms with E-state index in [0.29, 0.717) is 11.8 Å². The van der Waals surface area contributed by atoms with E-state index in [1.807, 2.05) is 0 Å². The second-order valence-electron chi connectivity index (χ2n) is 4.75. The molecule has 0 bridgehead atoms. The third kappa shape index (κ3) is 2.83. The lowest BCUT2D eigenvalue weighted by Gasteiger charge is -2.08. The molecule has 1 aliphatic rings. The Morgan fingerprint density at radius 3 is 3.12 bits per heavy atom. The van der Waals surface area contributed by atoms with Crippen LogP contribution in [-0.4, -0.2) is 24.7 Å². The van der Waals surface area contributed by atoms with Crippen LogP contribution in [0, 0.1) is 5.92 Å². The maximum absolute atomic E-state index is 5.47. The van der Waals surface area contributed by atoms with Gasteiger partial charge in [0.15, 0.2) is 6.39 Å². The Labute approximate surface area is 96.4 Å². The predicted octanol–water partition coefficient (Wildman–Crippen LogP) is 1.92. The van der Waals surface area contributed by atoms with Crippen molar-refractivity contribution >= 4 is 0 Å². The molecule has 1 aliphatic heterocycles. The monoisotopic (exact) mass is 224 g/mol. The molecule has 1 atom stereocenters. The first-order valence-electron chi connectivity index (χ1n) is 5.98. The molecule has 0 spiro atoms. The van der Waals surface area contributed by atoms with Gasteiger partial charge in [-0.15, -0.1) is 0 Å². The largest absolute Gasteiger partial charge is 0.448 e. The molecule has 16 heavy (non-hydrogen) atoms. The van der Waals surface area contributed by atoms with Crippen molar-refractivity contribution in [1.29, 1.82) is 0 Å². The number of aromatic nitrogens is 1. The third-order valence-electron chi connectivity index (χ3n) is 2.82. The highest BCUT2D eigenvalue weighted by Crippen LogP contribution is 2.27. The molecule has 0 amide bonds. The van der Waals surface area contributed by atoms with E-state index < -0.39 is 0 Å². The van der Waals surface area contributed by atoms with Gasteiger partial charge in [-0.05, 0) is 18.9 Å². The zero-order valence-electron chi connectivity index (χ0n) is 10.0. The summed E-state index contributed by atoms with van der Waals surface area (Å²) >= 11 is 0. The molecule has 1 fully saturated rings. The molecule has 1 unspecified atom stereocenters. The number of hydrogen-bond acceptors (Lipinski definition) is 4. The van der Waals surface area contributed by atoms with Gasteiger partial charge in [-0.25, -0.2) is 4.98 Å². The van der Waals surface area contributed by atoms with Crippen molar-refractivity contribution in [2.75, 3.05) is 19.8 Å². The van der Waals surface area contributed by atoms with Gasteiger partial charge in [-0.3, -0.25) is 0 Å². The van der Waals surface area contributed by atoms with Crippen molar-refractivity contribution in [2.24, 2.45) is 5.92 Å². The number of hydrogen-bond donors (Lipinski definition) is 1. The lowest BCUT2D eigenvalue weighted by molar-refractivity contribution is 0.191. The second kappa shape index (κ2) is 5.46. The summed E-state index contributed by atoms with van der Waals surface area (Å²) in [6.07, 6.45) is 2.59. The zero-order chi connectivity index (χ0) is 11.4. The van der Waals surface area contributed by atoms with E-state index in [4.69, 9.17) is 9.15 Å². The normalized spacial score (nSPS) is 20.8. The van der Waals surface area contributed by atoms with Gasteiger partial charge < -0.3 is 14.5 Å². The minimum atomic E-state index is 0.401. The molecule has 1 aromatic heterocycles. The van der Waals surface area contributed by atoms with Crippen LogP contribution in [-0.2, 0) is 11.3 Å². The Kier molecular flexibility index (Phi) is 3.96. The Balaban J connectivity index is 1.91. The van der Waals surface area contributed by atoms with E-state index in [-0.39, 0.29) is 0 Å². The molecule has 1 N–H and O–H groups in total. The lowest BCUT2D eigenvalue weighted by Crippen LogP contribution is -2.20. The summed E-state index contributed by atoms with van der Waals surface area (Å²) in [7, 11) is 0. The summed E-state index contributed by atoms with van der Waals surface area (Å²) in [5.74, 6) is 2.07. The van der Waals surface area contributed by atoms with Gasteiger partial charge >= 0.3 is 0 Å². The van der Waals surface area contributed by atoms with Gasteiger partial charge in [-0.1, -0.05) is 13.8 Å². The van der Waals surface area contributed by atoms with Gasteiger partial charge in [0, 0.05) is 19.1 Å². The van der Waals surface area contributed by atoms with Crippen molar-refractivity contribution in [3.8, 4) is 0 Å². The van der Waals surface area contributed by atoms with Crippen LogP contribution >= 0.6 is 0 Å². The highest BCUT2D eigenvalue weighted by molar-refractivity contribution is 5.13. The van der Waals surface area contributed by atoms with Crippen LogP contribution in [0.5, 0.6) is 0 Å². The van der Waals surface area contributed by atoms with E-state index in [9.17, 15) is 0 Å². The standard InChI is InChI=1S/C12H20N2O2/c1-9(2)5-13-6-11-12(16-8-14-11)10-3-4-15-7-10/h8-10,13H,3-7H2,1-2H3. The number of oxazole rings is 1. The molecule has 0 aromatic carbocycles. The maximum Gasteiger partial charge on any atom is 0.181 e. The zero-order valence-corrected chi connectivity index (χ0v) is 10.0. The van der Waals surface area contributed by atoms with Crippen molar-refractivity contribution in [3.63, 3.8) is 0 Å². The molecule has 4 nitrogen and oxygen atoms in total. The summed E-state index contributed by atoms with van der Waals surface area (Å²) in [4.78, 5) is 4.27. The second-order valence-corrected chi connectivity index (χ2v) is 4.75. The summed E-state index contributed by atoms with van der Waals surface area (Å²) < 4.78 is 10.8. The molecule has 4 heteroatoms. The van der Waals surface area contributed by atoms with E-state index in [0.717, 1.165) is 44.2 Å². The summed E-state index contributed by atoms with van der Waals surface area (Å²) in [6, 6.07) is 0. The molecule has 0 saturated carbocycles. The van der Waals surface area contributed by atoms with Crippen LogP contribution in [0.4, 0.5) is 0 Å². The summed E-state index contributed by atoms with van der Waals surface area (Å²) in [5.41, 5.74) is 1.04. The first kappa shape index (κ1) is 11.6. The van der Waals surface area contributed by atoms with Crippen molar-refractivity contribution in [3.05, 3.63) is 17.8 Å². The van der Waals surface area contributed by atoms with Crippen molar-refractivity contribution in [2.45, 2.75) is 32.7 Å². The molecule has 90 valence electrons. The van der Waals surface area contributed by atoms with Crippen molar-refractivity contribution in [1.82, 2.24) is 10.3 Å². The first-order chi connectivity index (χ1) is 7.77. The minimum Gasteiger partial charge on any atom is -0.448 e. The molecule has 1 saturated heterocycles. The Bertz CT molecular complexity index is 317. The third-order valence-corrected chi connectivity index (χ3v) is 2.82. The lowest BCUT2D eigenvalue weighted by atomic mass is 10.0. The van der Waals surface area contributed by atoms with E-state index in [2.05, 4.69) is 24.1 Å². The van der Waals surface area contributed by atoms with Crippen LogP contribution < -0.4 is 5.32 Å². The fraction of sp³-hybridized carbons (Fsp3) is 0.750. The maximum atomic E-state index is 5.47. The molecule has 0 aliphatic carbocycles. The number of ether oxygens (including phenoxy) is 1. The van der Waals surface area contributed by atoms with E-state index >= 15 is 0 Å². The highest BCUT2D eigenvalue weighted by atomic mass is 16.5. The Morgan fingerprint density at radius 1 is 1.56 bits per heavy atom. The van der Waals surface area contributed by atoms with E-state index in [1.165, 1.54) is 0 Å². The van der Waals surface area contributed by atoms with Gasteiger partial charge in [0.25, 0.3) is 0 Å².